The van der Waals surface area contributed by atoms with Gasteiger partial charge in [-0.3, -0.25) is 0 Å². The van der Waals surface area contributed by atoms with Crippen LogP contribution in [0.15, 0.2) is 30.3 Å². The molecule has 0 amide bonds. The number of hydrogen-bond acceptors (Lipinski definition) is 4. The highest BCUT2D eigenvalue weighted by Crippen LogP contribution is 2.29. The molecule has 1 heterocycles. The van der Waals surface area contributed by atoms with E-state index in [1.165, 1.54) is 15.0 Å². The molecule has 2 atom stereocenters. The van der Waals surface area contributed by atoms with Gasteiger partial charge in [0.2, 0.25) is 0 Å². The predicted octanol–water partition coefficient (Wildman–Crippen LogP) is 3.34. The fourth-order valence-electron chi connectivity index (χ4n) is 2.10. The van der Waals surface area contributed by atoms with Crippen molar-refractivity contribution in [1.29, 1.82) is 0 Å². The van der Waals surface area contributed by atoms with E-state index in [2.05, 4.69) is 42.6 Å². The second-order valence-electron chi connectivity index (χ2n) is 5.53. The van der Waals surface area contributed by atoms with E-state index in [0.717, 1.165) is 0 Å². The Bertz CT molecular complexity index is 517. The van der Waals surface area contributed by atoms with Gasteiger partial charge < -0.3 is 15.2 Å². The predicted molar refractivity (Wildman–Crippen MR) is 85.4 cm³/mol. The molecule has 0 aliphatic heterocycles. The number of ether oxygens (including phenoxy) is 1. The summed E-state index contributed by atoms with van der Waals surface area (Å²) in [6.07, 6.45) is 0.635. The van der Waals surface area contributed by atoms with Gasteiger partial charge in [0, 0.05) is 42.3 Å². The highest BCUT2D eigenvalue weighted by Gasteiger charge is 2.21. The highest BCUT2D eigenvalue weighted by atomic mass is 32.1. The zero-order valence-corrected chi connectivity index (χ0v) is 13.2. The first-order valence-corrected chi connectivity index (χ1v) is 7.77. The summed E-state index contributed by atoms with van der Waals surface area (Å²) in [5.41, 5.74) is -0.735. The van der Waals surface area contributed by atoms with Crippen LogP contribution < -0.4 is 5.32 Å². The summed E-state index contributed by atoms with van der Waals surface area (Å²) in [7, 11) is 1.66. The molecule has 4 heteroatoms. The third kappa shape index (κ3) is 4.03. The number of hydrogen-bond donors (Lipinski definition) is 2. The molecule has 2 aromatic rings. The van der Waals surface area contributed by atoms with Crippen LogP contribution in [0.5, 0.6) is 0 Å². The maximum atomic E-state index is 10.2. The fourth-order valence-corrected chi connectivity index (χ4v) is 3.19. The van der Waals surface area contributed by atoms with Crippen molar-refractivity contribution < 1.29 is 9.84 Å². The second-order valence-corrected chi connectivity index (χ2v) is 6.64. The minimum Gasteiger partial charge on any atom is -0.389 e. The van der Waals surface area contributed by atoms with E-state index in [1.54, 1.807) is 18.4 Å². The summed E-state index contributed by atoms with van der Waals surface area (Å²) in [5.74, 6) is 0. The molecule has 0 spiro atoms. The van der Waals surface area contributed by atoms with Crippen LogP contribution in [-0.2, 0) is 4.74 Å². The van der Waals surface area contributed by atoms with E-state index in [-0.39, 0.29) is 6.04 Å². The number of rotatable bonds is 7. The average Bonchev–Trinajstić information content (AvgIpc) is 2.86. The maximum Gasteiger partial charge on any atom is 0.0765 e. The molecule has 0 fully saturated rings. The van der Waals surface area contributed by atoms with Gasteiger partial charge in [-0.25, -0.2) is 0 Å². The number of benzene rings is 1. The summed E-state index contributed by atoms with van der Waals surface area (Å²) in [4.78, 5) is 1.30. The van der Waals surface area contributed by atoms with Gasteiger partial charge in [0.05, 0.1) is 5.60 Å². The molecule has 0 saturated carbocycles. The summed E-state index contributed by atoms with van der Waals surface area (Å²) >= 11 is 1.80. The largest absolute Gasteiger partial charge is 0.389 e. The number of aliphatic hydroxyl groups is 1. The van der Waals surface area contributed by atoms with Crippen molar-refractivity contribution in [2.24, 2.45) is 0 Å². The van der Waals surface area contributed by atoms with Crippen LogP contribution in [0.2, 0.25) is 0 Å². The summed E-state index contributed by atoms with van der Waals surface area (Å²) in [6, 6.07) is 10.9. The number of thiophene rings is 1. The zero-order valence-electron chi connectivity index (χ0n) is 12.3. The molecule has 2 unspecified atom stereocenters. The zero-order chi connectivity index (χ0) is 14.6. The Labute approximate surface area is 124 Å². The molecule has 0 radical (unpaired) electrons. The fraction of sp³-hybridized carbons (Fsp3) is 0.500. The Hall–Kier alpha value is -0.940. The van der Waals surface area contributed by atoms with Gasteiger partial charge in [-0.1, -0.05) is 18.2 Å². The van der Waals surface area contributed by atoms with Crippen molar-refractivity contribution in [2.75, 3.05) is 20.3 Å². The molecular formula is C16H23NO2S. The van der Waals surface area contributed by atoms with E-state index in [9.17, 15) is 5.11 Å². The van der Waals surface area contributed by atoms with Crippen molar-refractivity contribution >= 4 is 21.4 Å². The molecule has 20 heavy (non-hydrogen) atoms. The standard InChI is InChI=1S/C16H23NO2S/c1-12(17-11-16(2,18)8-9-19-3)15-10-13-6-4-5-7-14(13)20-15/h4-7,10,12,17-18H,8-9,11H2,1-3H3. The van der Waals surface area contributed by atoms with Gasteiger partial charge in [0.25, 0.3) is 0 Å². The van der Waals surface area contributed by atoms with Gasteiger partial charge in [0.15, 0.2) is 0 Å². The first kappa shape index (κ1) is 15.4. The topological polar surface area (TPSA) is 41.5 Å². The molecule has 0 aliphatic carbocycles. The minimum absolute atomic E-state index is 0.237. The van der Waals surface area contributed by atoms with Crippen LogP contribution in [0.25, 0.3) is 10.1 Å². The molecule has 1 aromatic carbocycles. The summed E-state index contributed by atoms with van der Waals surface area (Å²) in [6.45, 7) is 5.12. The van der Waals surface area contributed by atoms with Crippen LogP contribution in [-0.4, -0.2) is 31.0 Å². The Kier molecular flexibility index (Phi) is 5.16. The Morgan fingerprint density at radius 3 is 2.85 bits per heavy atom. The minimum atomic E-state index is -0.735. The van der Waals surface area contributed by atoms with Gasteiger partial charge >= 0.3 is 0 Å². The molecule has 3 nitrogen and oxygen atoms in total. The normalized spacial score (nSPS) is 16.2. The van der Waals surface area contributed by atoms with Crippen molar-refractivity contribution in [2.45, 2.75) is 31.9 Å². The van der Waals surface area contributed by atoms with E-state index < -0.39 is 5.60 Å². The van der Waals surface area contributed by atoms with E-state index in [0.29, 0.717) is 19.6 Å². The molecule has 0 bridgehead atoms. The summed E-state index contributed by atoms with van der Waals surface area (Å²) in [5, 5.41) is 14.9. The lowest BCUT2D eigenvalue weighted by Crippen LogP contribution is -2.39. The average molecular weight is 293 g/mol. The van der Waals surface area contributed by atoms with Crippen molar-refractivity contribution in [3.63, 3.8) is 0 Å². The van der Waals surface area contributed by atoms with Crippen molar-refractivity contribution in [3.05, 3.63) is 35.2 Å². The molecule has 2 rings (SSSR count). The van der Waals surface area contributed by atoms with Crippen molar-refractivity contribution in [3.8, 4) is 0 Å². The first-order chi connectivity index (χ1) is 9.52. The monoisotopic (exact) mass is 293 g/mol. The highest BCUT2D eigenvalue weighted by molar-refractivity contribution is 7.19. The number of methoxy groups -OCH3 is 1. The lowest BCUT2D eigenvalue weighted by molar-refractivity contribution is 0.0232. The van der Waals surface area contributed by atoms with Gasteiger partial charge in [-0.05, 0) is 31.4 Å². The van der Waals surface area contributed by atoms with Crippen LogP contribution in [0, 0.1) is 0 Å². The van der Waals surface area contributed by atoms with Crippen LogP contribution >= 0.6 is 11.3 Å². The third-order valence-electron chi connectivity index (χ3n) is 3.51. The molecule has 1 aromatic heterocycles. The van der Waals surface area contributed by atoms with E-state index >= 15 is 0 Å². The molecule has 0 saturated heterocycles. The quantitative estimate of drug-likeness (QED) is 0.822. The van der Waals surface area contributed by atoms with Crippen molar-refractivity contribution in [1.82, 2.24) is 5.32 Å². The van der Waals surface area contributed by atoms with Gasteiger partial charge in [0.1, 0.15) is 0 Å². The third-order valence-corrected chi connectivity index (χ3v) is 4.80. The molecule has 2 N–H and O–H groups in total. The number of fused-ring (bicyclic) bond motifs is 1. The van der Waals surface area contributed by atoms with Gasteiger partial charge in [-0.2, -0.15) is 0 Å². The summed E-state index contributed by atoms with van der Waals surface area (Å²) < 4.78 is 6.33. The Morgan fingerprint density at radius 1 is 1.40 bits per heavy atom. The lowest BCUT2D eigenvalue weighted by Gasteiger charge is -2.25. The smallest absolute Gasteiger partial charge is 0.0765 e. The van der Waals surface area contributed by atoms with E-state index in [1.807, 2.05) is 6.92 Å². The Morgan fingerprint density at radius 2 is 2.15 bits per heavy atom. The first-order valence-electron chi connectivity index (χ1n) is 6.95. The number of nitrogens with one attached hydrogen (secondary N) is 1. The van der Waals surface area contributed by atoms with E-state index in [4.69, 9.17) is 4.74 Å². The lowest BCUT2D eigenvalue weighted by atomic mass is 10.0. The molecule has 110 valence electrons. The van der Waals surface area contributed by atoms with Crippen LogP contribution in [0.3, 0.4) is 0 Å². The van der Waals surface area contributed by atoms with Gasteiger partial charge in [-0.15, -0.1) is 11.3 Å². The maximum absolute atomic E-state index is 10.2. The Balaban J connectivity index is 1.96. The van der Waals surface area contributed by atoms with Crippen LogP contribution in [0.1, 0.15) is 31.2 Å². The van der Waals surface area contributed by atoms with Crippen LogP contribution in [0.4, 0.5) is 0 Å². The molecule has 0 aliphatic rings. The second kappa shape index (κ2) is 6.68. The SMILES string of the molecule is COCCC(C)(O)CNC(C)c1cc2ccccc2s1. The molecular weight excluding hydrogens is 270 g/mol.